The van der Waals surface area contributed by atoms with E-state index in [2.05, 4.69) is 12.1 Å². The van der Waals surface area contributed by atoms with Crippen LogP contribution < -0.4 is 11.5 Å². The Hall–Kier alpha value is -2.58. The number of nitrogens with two attached hydrogens (primary N) is 2. The van der Waals surface area contributed by atoms with Gasteiger partial charge >= 0.3 is 0 Å². The average molecular weight is 255 g/mol. The highest BCUT2D eigenvalue weighted by Gasteiger charge is 2.01. The first kappa shape index (κ1) is 14.5. The predicted octanol–water partition coefficient (Wildman–Crippen LogP) is 3.04. The highest BCUT2D eigenvalue weighted by atomic mass is 16.1. The molecular formula is C15H17N3O. The Morgan fingerprint density at radius 3 is 1.47 bits per heavy atom. The van der Waals surface area contributed by atoms with Gasteiger partial charge in [0, 0.05) is 11.4 Å². The third-order valence-corrected chi connectivity index (χ3v) is 2.87. The zero-order chi connectivity index (χ0) is 14.4. The van der Waals surface area contributed by atoms with Gasteiger partial charge in [-0.05, 0) is 60.4 Å². The van der Waals surface area contributed by atoms with Crippen molar-refractivity contribution in [2.75, 3.05) is 11.5 Å². The van der Waals surface area contributed by atoms with Gasteiger partial charge in [0.15, 0.2) is 0 Å². The monoisotopic (exact) mass is 255 g/mol. The molecule has 0 aliphatic rings. The fraction of sp³-hybridized carbons (Fsp3) is 0.133. The summed E-state index contributed by atoms with van der Waals surface area (Å²) in [7, 11) is 0. The number of anilines is 2. The minimum atomic E-state index is 0.750. The second-order valence-electron chi connectivity index (χ2n) is 4.24. The van der Waals surface area contributed by atoms with E-state index in [1.807, 2.05) is 38.1 Å². The van der Waals surface area contributed by atoms with E-state index >= 15 is 0 Å². The molecule has 0 heterocycles. The lowest BCUT2D eigenvalue weighted by Crippen LogP contribution is -1.91. The second kappa shape index (κ2) is 6.38. The van der Waals surface area contributed by atoms with Crippen LogP contribution in [0, 0.1) is 19.3 Å². The maximum absolute atomic E-state index is 8.35. The number of hydrogen-bond donors (Lipinski definition) is 3. The maximum Gasteiger partial charge on any atom is 0.231 e. The molecule has 0 spiro atoms. The molecule has 19 heavy (non-hydrogen) atoms. The van der Waals surface area contributed by atoms with E-state index in [0.29, 0.717) is 0 Å². The topological polar surface area (TPSA) is 93.0 Å². The van der Waals surface area contributed by atoms with E-state index in [1.54, 1.807) is 0 Å². The van der Waals surface area contributed by atoms with Crippen LogP contribution in [-0.4, -0.2) is 6.08 Å². The van der Waals surface area contributed by atoms with Gasteiger partial charge in [-0.15, -0.1) is 0 Å². The molecule has 2 aromatic carbocycles. The molecule has 0 aliphatic heterocycles. The van der Waals surface area contributed by atoms with Crippen molar-refractivity contribution in [3.8, 4) is 11.1 Å². The Balaban J connectivity index is 0.000000550. The van der Waals surface area contributed by atoms with Crippen LogP contribution in [-0.2, 0) is 4.79 Å². The Morgan fingerprint density at radius 2 is 1.21 bits per heavy atom. The van der Waals surface area contributed by atoms with Gasteiger partial charge < -0.3 is 11.5 Å². The number of carbonyl (C=O) groups excluding carboxylic acids is 1. The van der Waals surface area contributed by atoms with E-state index in [4.69, 9.17) is 21.7 Å². The molecular weight excluding hydrogens is 238 g/mol. The van der Waals surface area contributed by atoms with E-state index < -0.39 is 0 Å². The molecule has 0 unspecified atom stereocenters. The Bertz CT molecular complexity index is 565. The molecule has 98 valence electrons. The van der Waals surface area contributed by atoms with Gasteiger partial charge in [-0.1, -0.05) is 12.1 Å². The summed E-state index contributed by atoms with van der Waals surface area (Å²) in [5.41, 5.74) is 17.8. The predicted molar refractivity (Wildman–Crippen MR) is 78.6 cm³/mol. The summed E-state index contributed by atoms with van der Waals surface area (Å²) in [4.78, 5) is 8.35. The number of benzene rings is 2. The molecule has 4 heteroatoms. The number of isocyanates is 1. The fourth-order valence-electron chi connectivity index (χ4n) is 1.71. The van der Waals surface area contributed by atoms with Gasteiger partial charge in [-0.25, -0.2) is 10.2 Å². The van der Waals surface area contributed by atoms with Gasteiger partial charge in [0.1, 0.15) is 0 Å². The van der Waals surface area contributed by atoms with Crippen LogP contribution in [0.15, 0.2) is 36.4 Å². The number of nitrogen functional groups attached to an aromatic ring is 2. The van der Waals surface area contributed by atoms with Crippen molar-refractivity contribution in [3.05, 3.63) is 47.5 Å². The van der Waals surface area contributed by atoms with E-state index in [0.717, 1.165) is 28.6 Å². The van der Waals surface area contributed by atoms with Gasteiger partial charge in [0.2, 0.25) is 6.08 Å². The maximum atomic E-state index is 8.35. The van der Waals surface area contributed by atoms with Crippen LogP contribution >= 0.6 is 0 Å². The third kappa shape index (κ3) is 3.69. The quantitative estimate of drug-likeness (QED) is 0.415. The molecule has 2 aromatic rings. The van der Waals surface area contributed by atoms with Crippen LogP contribution in [0.2, 0.25) is 0 Å². The molecule has 4 nitrogen and oxygen atoms in total. The minimum Gasteiger partial charge on any atom is -0.399 e. The zero-order valence-corrected chi connectivity index (χ0v) is 11.0. The Morgan fingerprint density at radius 1 is 0.895 bits per heavy atom. The highest BCUT2D eigenvalue weighted by molar-refractivity contribution is 5.70. The van der Waals surface area contributed by atoms with Crippen LogP contribution in [0.5, 0.6) is 0 Å². The number of nitrogens with one attached hydrogen (secondary N) is 1. The van der Waals surface area contributed by atoms with Crippen LogP contribution in [0.3, 0.4) is 0 Å². The first-order valence-corrected chi connectivity index (χ1v) is 5.76. The molecule has 0 saturated carbocycles. The molecule has 5 N–H and O–H groups in total. The summed E-state index contributed by atoms with van der Waals surface area (Å²) < 4.78 is 0. The number of rotatable bonds is 1. The van der Waals surface area contributed by atoms with E-state index in [9.17, 15) is 0 Å². The van der Waals surface area contributed by atoms with E-state index in [-0.39, 0.29) is 0 Å². The van der Waals surface area contributed by atoms with Crippen molar-refractivity contribution in [1.29, 1.82) is 5.41 Å². The minimum absolute atomic E-state index is 0.750. The lowest BCUT2D eigenvalue weighted by atomic mass is 10.0. The molecule has 2 rings (SSSR count). The smallest absolute Gasteiger partial charge is 0.231 e. The molecule has 0 atom stereocenters. The molecule has 0 aliphatic carbocycles. The summed E-state index contributed by atoms with van der Waals surface area (Å²) in [6, 6.07) is 12.1. The molecule has 0 radical (unpaired) electrons. The van der Waals surface area contributed by atoms with Crippen molar-refractivity contribution < 1.29 is 4.79 Å². The third-order valence-electron chi connectivity index (χ3n) is 2.87. The highest BCUT2D eigenvalue weighted by Crippen LogP contribution is 2.25. The lowest BCUT2D eigenvalue weighted by Gasteiger charge is -2.07. The Kier molecular flexibility index (Phi) is 4.86. The molecule has 0 saturated heterocycles. The summed E-state index contributed by atoms with van der Waals surface area (Å²) in [5.74, 6) is 0. The standard InChI is InChI=1S/C14H16N2.CHNO/c1-9-7-11(3-5-13(9)15)12-4-6-14(16)10(2)8-12;2-1-3/h3-8H,15-16H2,1-2H3;2H. The fourth-order valence-corrected chi connectivity index (χ4v) is 1.71. The normalized spacial score (nSPS) is 9.16. The van der Waals surface area contributed by atoms with Gasteiger partial charge in [-0.3, -0.25) is 0 Å². The zero-order valence-electron chi connectivity index (χ0n) is 11.0. The molecule has 0 amide bonds. The van der Waals surface area contributed by atoms with Crippen molar-refractivity contribution >= 4 is 17.5 Å². The van der Waals surface area contributed by atoms with Gasteiger partial charge in [0.25, 0.3) is 0 Å². The molecule has 0 fully saturated rings. The number of aryl methyl sites for hydroxylation is 2. The summed E-state index contributed by atoms with van der Waals surface area (Å²) in [5, 5.41) is 5.40. The SMILES string of the molecule is Cc1cc(-c2ccc(N)c(C)c2)ccc1N.N=C=O. The summed E-state index contributed by atoms with van der Waals surface area (Å²) in [6.07, 6.45) is 0.750. The first-order chi connectivity index (χ1) is 8.99. The van der Waals surface area contributed by atoms with Crippen LogP contribution in [0.25, 0.3) is 11.1 Å². The number of hydrogen-bond acceptors (Lipinski definition) is 4. The van der Waals surface area contributed by atoms with Crippen molar-refractivity contribution in [3.63, 3.8) is 0 Å². The lowest BCUT2D eigenvalue weighted by molar-refractivity contribution is 0.563. The summed E-state index contributed by atoms with van der Waals surface area (Å²) >= 11 is 0. The average Bonchev–Trinajstić information content (AvgIpc) is 2.37. The largest absolute Gasteiger partial charge is 0.399 e. The van der Waals surface area contributed by atoms with Crippen LogP contribution in [0.1, 0.15) is 11.1 Å². The van der Waals surface area contributed by atoms with Crippen molar-refractivity contribution in [2.45, 2.75) is 13.8 Å². The Labute approximate surface area is 112 Å². The van der Waals surface area contributed by atoms with Crippen LogP contribution in [0.4, 0.5) is 11.4 Å². The molecule has 0 bridgehead atoms. The first-order valence-electron chi connectivity index (χ1n) is 5.76. The van der Waals surface area contributed by atoms with Gasteiger partial charge in [-0.2, -0.15) is 0 Å². The summed E-state index contributed by atoms with van der Waals surface area (Å²) in [6.45, 7) is 4.03. The van der Waals surface area contributed by atoms with Gasteiger partial charge in [0.05, 0.1) is 0 Å². The van der Waals surface area contributed by atoms with E-state index in [1.165, 1.54) is 11.1 Å². The molecule has 0 aromatic heterocycles. The van der Waals surface area contributed by atoms with Crippen molar-refractivity contribution in [2.24, 2.45) is 0 Å². The van der Waals surface area contributed by atoms with Crippen molar-refractivity contribution in [1.82, 2.24) is 0 Å². The second-order valence-corrected chi connectivity index (χ2v) is 4.24.